The number of benzene rings is 1. The van der Waals surface area contributed by atoms with Crippen LogP contribution in [0.15, 0.2) is 18.2 Å². The van der Waals surface area contributed by atoms with Crippen LogP contribution in [0.4, 0.5) is 0 Å². The number of rotatable bonds is 1. The zero-order valence-corrected chi connectivity index (χ0v) is 11.8. The molecule has 0 unspecified atom stereocenters. The van der Waals surface area contributed by atoms with Gasteiger partial charge in [0, 0.05) is 17.5 Å². The number of ether oxygens (including phenoxy) is 1. The van der Waals surface area contributed by atoms with E-state index in [0.717, 1.165) is 12.2 Å². The summed E-state index contributed by atoms with van der Waals surface area (Å²) < 4.78 is 5.84. The van der Waals surface area contributed by atoms with Gasteiger partial charge >= 0.3 is 0 Å². The molecule has 0 radical (unpaired) electrons. The number of amides is 1. The van der Waals surface area contributed by atoms with Crippen LogP contribution in [0.25, 0.3) is 0 Å². The van der Waals surface area contributed by atoms with Gasteiger partial charge in [-0.05, 0) is 52.3 Å². The van der Waals surface area contributed by atoms with Crippen molar-refractivity contribution in [3.63, 3.8) is 0 Å². The van der Waals surface area contributed by atoms with Crippen LogP contribution in [0.2, 0.25) is 0 Å². The number of carbonyl (C=O) groups excluding carboxylic acids is 1. The van der Waals surface area contributed by atoms with Crippen LogP contribution < -0.4 is 10.1 Å². The standard InChI is InChI=1S/C15H21NO2/c1-14(2,3)16-13(17)10-6-7-11-9-15(4,5)18-12(11)8-10/h6-8H,9H2,1-5H3,(H,16,17). The summed E-state index contributed by atoms with van der Waals surface area (Å²) in [4.78, 5) is 12.1. The Morgan fingerprint density at radius 3 is 2.61 bits per heavy atom. The molecule has 98 valence electrons. The fourth-order valence-corrected chi connectivity index (χ4v) is 2.14. The Morgan fingerprint density at radius 1 is 1.33 bits per heavy atom. The number of fused-ring (bicyclic) bond motifs is 1. The molecular formula is C15H21NO2. The van der Waals surface area contributed by atoms with Crippen molar-refractivity contribution in [3.8, 4) is 5.75 Å². The van der Waals surface area contributed by atoms with E-state index in [-0.39, 0.29) is 17.0 Å². The first-order chi connectivity index (χ1) is 8.16. The van der Waals surface area contributed by atoms with E-state index in [1.165, 1.54) is 5.56 Å². The first-order valence-electron chi connectivity index (χ1n) is 6.31. The molecule has 0 saturated heterocycles. The Morgan fingerprint density at radius 2 is 2.00 bits per heavy atom. The maximum atomic E-state index is 12.1. The lowest BCUT2D eigenvalue weighted by atomic mass is 10.0. The minimum absolute atomic E-state index is 0.0568. The zero-order chi connectivity index (χ0) is 13.6. The van der Waals surface area contributed by atoms with E-state index < -0.39 is 0 Å². The van der Waals surface area contributed by atoms with Gasteiger partial charge < -0.3 is 10.1 Å². The van der Waals surface area contributed by atoms with Gasteiger partial charge in [0.05, 0.1) is 0 Å². The Kier molecular flexibility index (Phi) is 2.88. The molecule has 1 amide bonds. The highest BCUT2D eigenvalue weighted by atomic mass is 16.5. The van der Waals surface area contributed by atoms with Crippen LogP contribution in [-0.2, 0) is 6.42 Å². The third-order valence-corrected chi connectivity index (χ3v) is 2.82. The molecular weight excluding hydrogens is 226 g/mol. The molecule has 1 aromatic rings. The second-order valence-corrected chi connectivity index (χ2v) is 6.57. The highest BCUT2D eigenvalue weighted by Crippen LogP contribution is 2.35. The lowest BCUT2D eigenvalue weighted by molar-refractivity contribution is 0.0917. The van der Waals surface area contributed by atoms with E-state index in [4.69, 9.17) is 4.74 Å². The summed E-state index contributed by atoms with van der Waals surface area (Å²) in [6.07, 6.45) is 0.892. The van der Waals surface area contributed by atoms with Gasteiger partial charge in [-0.3, -0.25) is 4.79 Å². The predicted molar refractivity (Wildman–Crippen MR) is 72.1 cm³/mol. The lowest BCUT2D eigenvalue weighted by Crippen LogP contribution is -2.40. The van der Waals surface area contributed by atoms with E-state index in [0.29, 0.717) is 5.56 Å². The molecule has 0 saturated carbocycles. The van der Waals surface area contributed by atoms with Gasteiger partial charge in [0.25, 0.3) is 5.91 Å². The molecule has 1 N–H and O–H groups in total. The minimum atomic E-state index is -0.226. The van der Waals surface area contributed by atoms with Crippen LogP contribution >= 0.6 is 0 Å². The first kappa shape index (κ1) is 12.9. The Balaban J connectivity index is 2.21. The molecule has 1 aliphatic rings. The molecule has 0 aromatic heterocycles. The van der Waals surface area contributed by atoms with Crippen molar-refractivity contribution in [1.82, 2.24) is 5.32 Å². The van der Waals surface area contributed by atoms with Crippen molar-refractivity contribution in [3.05, 3.63) is 29.3 Å². The summed E-state index contributed by atoms with van der Waals surface area (Å²) in [7, 11) is 0. The predicted octanol–water partition coefficient (Wildman–Crippen LogP) is 2.93. The molecule has 0 atom stereocenters. The number of carbonyl (C=O) groups is 1. The van der Waals surface area contributed by atoms with Crippen LogP contribution in [0.3, 0.4) is 0 Å². The second kappa shape index (κ2) is 4.01. The zero-order valence-electron chi connectivity index (χ0n) is 11.8. The smallest absolute Gasteiger partial charge is 0.251 e. The fraction of sp³-hybridized carbons (Fsp3) is 0.533. The third kappa shape index (κ3) is 2.84. The fourth-order valence-electron chi connectivity index (χ4n) is 2.14. The minimum Gasteiger partial charge on any atom is -0.487 e. The second-order valence-electron chi connectivity index (χ2n) is 6.57. The van der Waals surface area contributed by atoms with Crippen molar-refractivity contribution in [2.24, 2.45) is 0 Å². The SMILES string of the molecule is CC(C)(C)NC(=O)c1ccc2c(c1)OC(C)(C)C2. The van der Waals surface area contributed by atoms with Gasteiger partial charge in [-0.2, -0.15) is 0 Å². The molecule has 0 spiro atoms. The van der Waals surface area contributed by atoms with Crippen LogP contribution in [0.5, 0.6) is 5.75 Å². The Labute approximate surface area is 109 Å². The molecule has 1 heterocycles. The summed E-state index contributed by atoms with van der Waals surface area (Å²) in [6.45, 7) is 10.0. The van der Waals surface area contributed by atoms with Crippen molar-refractivity contribution >= 4 is 5.91 Å². The van der Waals surface area contributed by atoms with E-state index in [9.17, 15) is 4.79 Å². The van der Waals surface area contributed by atoms with Gasteiger partial charge in [-0.1, -0.05) is 6.07 Å². The largest absolute Gasteiger partial charge is 0.487 e. The lowest BCUT2D eigenvalue weighted by Gasteiger charge is -2.20. The number of hydrogen-bond acceptors (Lipinski definition) is 2. The molecule has 2 rings (SSSR count). The first-order valence-corrected chi connectivity index (χ1v) is 6.31. The summed E-state index contributed by atoms with van der Waals surface area (Å²) in [5, 5.41) is 2.95. The van der Waals surface area contributed by atoms with Crippen molar-refractivity contribution in [2.45, 2.75) is 52.2 Å². The quantitative estimate of drug-likeness (QED) is 0.828. The van der Waals surface area contributed by atoms with Crippen molar-refractivity contribution in [2.75, 3.05) is 0 Å². The molecule has 0 bridgehead atoms. The van der Waals surface area contributed by atoms with Crippen LogP contribution in [0.1, 0.15) is 50.5 Å². The summed E-state index contributed by atoms with van der Waals surface area (Å²) in [6, 6.07) is 5.69. The average molecular weight is 247 g/mol. The number of hydrogen-bond donors (Lipinski definition) is 1. The van der Waals surface area contributed by atoms with E-state index in [1.807, 2.05) is 39.0 Å². The average Bonchev–Trinajstić information content (AvgIpc) is 2.47. The molecule has 3 nitrogen and oxygen atoms in total. The molecule has 18 heavy (non-hydrogen) atoms. The third-order valence-electron chi connectivity index (χ3n) is 2.82. The van der Waals surface area contributed by atoms with Gasteiger partial charge in [0.2, 0.25) is 0 Å². The van der Waals surface area contributed by atoms with Gasteiger partial charge in [0.1, 0.15) is 11.4 Å². The summed E-state index contributed by atoms with van der Waals surface area (Å²) in [5.41, 5.74) is 1.44. The van der Waals surface area contributed by atoms with Gasteiger partial charge in [-0.25, -0.2) is 0 Å². The molecule has 3 heteroatoms. The monoisotopic (exact) mass is 247 g/mol. The maximum absolute atomic E-state index is 12.1. The Bertz CT molecular complexity index is 484. The molecule has 1 aliphatic heterocycles. The summed E-state index contributed by atoms with van der Waals surface area (Å²) in [5.74, 6) is 0.778. The van der Waals surface area contributed by atoms with Crippen LogP contribution in [0, 0.1) is 0 Å². The molecule has 0 aliphatic carbocycles. The van der Waals surface area contributed by atoms with Gasteiger partial charge in [0.15, 0.2) is 0 Å². The van der Waals surface area contributed by atoms with E-state index in [2.05, 4.69) is 19.2 Å². The normalized spacial score (nSPS) is 16.9. The summed E-state index contributed by atoms with van der Waals surface area (Å²) >= 11 is 0. The van der Waals surface area contributed by atoms with E-state index in [1.54, 1.807) is 0 Å². The molecule has 1 aromatic carbocycles. The van der Waals surface area contributed by atoms with E-state index >= 15 is 0 Å². The molecule has 0 fully saturated rings. The highest BCUT2D eigenvalue weighted by molar-refractivity contribution is 5.95. The Hall–Kier alpha value is -1.51. The van der Waals surface area contributed by atoms with Crippen molar-refractivity contribution < 1.29 is 9.53 Å². The van der Waals surface area contributed by atoms with Crippen LogP contribution in [-0.4, -0.2) is 17.0 Å². The number of nitrogens with one attached hydrogen (secondary N) is 1. The van der Waals surface area contributed by atoms with Gasteiger partial charge in [-0.15, -0.1) is 0 Å². The maximum Gasteiger partial charge on any atom is 0.251 e. The topological polar surface area (TPSA) is 38.3 Å². The van der Waals surface area contributed by atoms with Crippen molar-refractivity contribution in [1.29, 1.82) is 0 Å². The highest BCUT2D eigenvalue weighted by Gasteiger charge is 2.30.